The van der Waals surface area contributed by atoms with Gasteiger partial charge in [-0.2, -0.15) is 0 Å². The summed E-state index contributed by atoms with van der Waals surface area (Å²) in [6, 6.07) is 7.08. The van der Waals surface area contributed by atoms with Crippen LogP contribution in [0.1, 0.15) is 37.8 Å². The maximum Gasteiger partial charge on any atom is 0.277 e. The van der Waals surface area contributed by atoms with Crippen LogP contribution in [0.15, 0.2) is 28.8 Å². The molecule has 1 atom stereocenters. The number of amides is 1. The first kappa shape index (κ1) is 20.2. The van der Waals surface area contributed by atoms with Crippen LogP contribution in [-0.4, -0.2) is 27.8 Å². The number of fused-ring (bicyclic) bond motifs is 3. The highest BCUT2D eigenvalue weighted by Gasteiger charge is 2.22. The number of terminal acetylenes is 1. The fourth-order valence-corrected chi connectivity index (χ4v) is 3.66. The zero-order valence-electron chi connectivity index (χ0n) is 15.5. The van der Waals surface area contributed by atoms with E-state index in [1.54, 1.807) is 19.1 Å². The molecule has 4 rings (SSSR count). The quantitative estimate of drug-likeness (QED) is 0.631. The molecule has 0 fully saturated rings. The molecule has 1 aliphatic rings. The molecule has 2 aromatic heterocycles. The Bertz CT molecular complexity index is 1130. The van der Waals surface area contributed by atoms with Gasteiger partial charge in [-0.3, -0.25) is 4.79 Å². The fraction of sp³-hybridized carbons (Fsp3) is 0.190. The van der Waals surface area contributed by atoms with E-state index in [-0.39, 0.29) is 5.01 Å². The average Bonchev–Trinajstić information content (AvgIpc) is 3.31. The number of rotatable bonds is 2. The van der Waals surface area contributed by atoms with Crippen molar-refractivity contribution in [2.75, 3.05) is 6.61 Å². The minimum Gasteiger partial charge on any atom is -0.493 e. The number of hydrogen-bond acceptors (Lipinski definition) is 7. The minimum absolute atomic E-state index is 0.279. The lowest BCUT2D eigenvalue weighted by atomic mass is 10.1. The van der Waals surface area contributed by atoms with Crippen molar-refractivity contribution in [2.45, 2.75) is 19.4 Å². The second kappa shape index (κ2) is 8.61. The third-order valence-electron chi connectivity index (χ3n) is 4.01. The van der Waals surface area contributed by atoms with Crippen molar-refractivity contribution < 1.29 is 19.2 Å². The Kier molecular flexibility index (Phi) is 5.99. The lowest BCUT2D eigenvalue weighted by Crippen LogP contribution is -2.10. The summed E-state index contributed by atoms with van der Waals surface area (Å²) in [5.41, 5.74) is 7.86. The molecule has 146 valence electrons. The summed E-state index contributed by atoms with van der Waals surface area (Å²) in [7, 11) is 0. The second-order valence-corrected chi connectivity index (χ2v) is 7.08. The van der Waals surface area contributed by atoms with Crippen molar-refractivity contribution >= 4 is 17.2 Å². The highest BCUT2D eigenvalue weighted by molar-refractivity contribution is 7.14. The van der Waals surface area contributed by atoms with Crippen LogP contribution in [0.5, 0.6) is 5.75 Å². The maximum absolute atomic E-state index is 11.5. The van der Waals surface area contributed by atoms with Crippen LogP contribution < -0.4 is 10.5 Å². The molecule has 0 spiro atoms. The van der Waals surface area contributed by atoms with Gasteiger partial charge in [-0.15, -0.1) is 24.2 Å². The molecule has 29 heavy (non-hydrogen) atoms. The number of nitrogens with zero attached hydrogens (tertiary/aromatic N) is 2. The van der Waals surface area contributed by atoms with E-state index in [9.17, 15) is 9.90 Å². The third-order valence-corrected chi connectivity index (χ3v) is 5.14. The molecule has 7 nitrogen and oxygen atoms in total. The van der Waals surface area contributed by atoms with E-state index in [0.717, 1.165) is 10.4 Å². The second-order valence-electron chi connectivity index (χ2n) is 6.00. The van der Waals surface area contributed by atoms with Crippen molar-refractivity contribution in [1.29, 1.82) is 0 Å². The Morgan fingerprint density at radius 2 is 2.17 bits per heavy atom. The van der Waals surface area contributed by atoms with E-state index < -0.39 is 12.0 Å². The molecule has 8 heteroatoms. The number of carbonyl (C=O) groups excluding carboxylic acids is 1. The van der Waals surface area contributed by atoms with Gasteiger partial charge in [0.1, 0.15) is 17.2 Å². The molecule has 0 bridgehead atoms. The number of hydrogen-bond donors (Lipinski definition) is 2. The lowest BCUT2D eigenvalue weighted by molar-refractivity contribution is 0.1000. The smallest absolute Gasteiger partial charge is 0.277 e. The largest absolute Gasteiger partial charge is 0.493 e. The summed E-state index contributed by atoms with van der Waals surface area (Å²) in [6.45, 7) is 2.24. The first-order chi connectivity index (χ1) is 14.0. The van der Waals surface area contributed by atoms with Gasteiger partial charge < -0.3 is 20.1 Å². The molecule has 0 saturated heterocycles. The molecule has 1 aliphatic heterocycles. The molecule has 0 unspecified atom stereocenters. The van der Waals surface area contributed by atoms with Crippen LogP contribution in [-0.2, 0) is 6.42 Å². The first-order valence-electron chi connectivity index (χ1n) is 8.54. The Hall–Kier alpha value is -3.59. The molecular weight excluding hydrogens is 390 g/mol. The number of aliphatic hydroxyl groups excluding tert-OH is 1. The summed E-state index contributed by atoms with van der Waals surface area (Å²) < 4.78 is 10.7. The molecule has 1 amide bonds. The van der Waals surface area contributed by atoms with Crippen LogP contribution in [0.3, 0.4) is 0 Å². The number of aryl methyl sites for hydroxylation is 1. The predicted molar refractivity (Wildman–Crippen MR) is 108 cm³/mol. The predicted octanol–water partition coefficient (Wildman–Crippen LogP) is 2.47. The number of primary amides is 1. The van der Waals surface area contributed by atoms with E-state index in [2.05, 4.69) is 34.8 Å². The number of ether oxygens (including phenoxy) is 1. The molecule has 3 heterocycles. The number of carbonyl (C=O) groups is 1. The monoisotopic (exact) mass is 407 g/mol. The van der Waals surface area contributed by atoms with Gasteiger partial charge in [-0.25, -0.2) is 4.98 Å². The molecular formula is C21H17N3O4S. The number of benzene rings is 1. The van der Waals surface area contributed by atoms with Gasteiger partial charge in [-0.05, 0) is 25.1 Å². The summed E-state index contributed by atoms with van der Waals surface area (Å²) in [5, 5.41) is 14.2. The maximum atomic E-state index is 11.5. The van der Waals surface area contributed by atoms with Crippen molar-refractivity contribution in [3.63, 3.8) is 0 Å². The van der Waals surface area contributed by atoms with Crippen molar-refractivity contribution in [3.8, 4) is 41.7 Å². The molecule has 1 aromatic carbocycles. The van der Waals surface area contributed by atoms with Crippen LogP contribution in [0, 0.1) is 31.6 Å². The zero-order chi connectivity index (χ0) is 21.0. The highest BCUT2D eigenvalue weighted by Crippen LogP contribution is 2.38. The van der Waals surface area contributed by atoms with E-state index >= 15 is 0 Å². The van der Waals surface area contributed by atoms with Crippen molar-refractivity contribution in [3.05, 3.63) is 51.2 Å². The van der Waals surface area contributed by atoms with Gasteiger partial charge in [0.05, 0.1) is 12.3 Å². The van der Waals surface area contributed by atoms with Crippen LogP contribution >= 0.6 is 11.3 Å². The first-order valence-corrected chi connectivity index (χ1v) is 9.36. The van der Waals surface area contributed by atoms with Gasteiger partial charge in [-0.1, -0.05) is 17.0 Å². The number of nitrogens with two attached hydrogens (primary N) is 1. The Morgan fingerprint density at radius 3 is 2.86 bits per heavy atom. The fourth-order valence-electron chi connectivity index (χ4n) is 2.75. The van der Waals surface area contributed by atoms with Gasteiger partial charge in [0.2, 0.25) is 0 Å². The normalized spacial score (nSPS) is 12.6. The van der Waals surface area contributed by atoms with E-state index in [4.69, 9.17) is 15.0 Å². The topological polar surface area (TPSA) is 111 Å². The number of aromatic nitrogens is 2. The van der Waals surface area contributed by atoms with Crippen molar-refractivity contribution in [1.82, 2.24) is 10.1 Å². The van der Waals surface area contributed by atoms with Gasteiger partial charge >= 0.3 is 0 Å². The summed E-state index contributed by atoms with van der Waals surface area (Å²) >= 11 is 1.28. The van der Waals surface area contributed by atoms with E-state index in [0.29, 0.717) is 41.5 Å². The summed E-state index contributed by atoms with van der Waals surface area (Å²) in [5.74, 6) is 6.41. The van der Waals surface area contributed by atoms with Crippen molar-refractivity contribution in [2.24, 2.45) is 5.73 Å². The standard InChI is InChI=1S/C19H15N3O4S.C2H2/c1-10-8-13(22-26-10)14(23)4-2-11-3-5-15-12(9-11)17-16(6-7-25-15)27-19(21-17)18(20)24;1-2/h3,5,8-9,14,23H,6-7H2,1H3,(H2,20,24);1-2H/t14-;/m1./s1. The van der Waals surface area contributed by atoms with Gasteiger partial charge in [0.15, 0.2) is 11.1 Å². The molecule has 0 radical (unpaired) electrons. The van der Waals surface area contributed by atoms with Gasteiger partial charge in [0.25, 0.3) is 5.91 Å². The third kappa shape index (κ3) is 4.30. The van der Waals surface area contributed by atoms with E-state index in [1.165, 1.54) is 11.3 Å². The average molecular weight is 407 g/mol. The van der Waals surface area contributed by atoms with Crippen LogP contribution in [0.25, 0.3) is 11.3 Å². The Morgan fingerprint density at radius 1 is 1.38 bits per heavy atom. The molecule has 0 saturated carbocycles. The molecule has 3 N–H and O–H groups in total. The summed E-state index contributed by atoms with van der Waals surface area (Å²) in [4.78, 5) is 16.8. The SMILES string of the molecule is C#C.Cc1cc([C@H](O)C#Cc2ccc3c(c2)-c2nc(C(N)=O)sc2CCO3)no1. The minimum atomic E-state index is -1.05. The summed E-state index contributed by atoms with van der Waals surface area (Å²) in [6.07, 6.45) is 7.61. The number of aliphatic hydroxyl groups is 1. The zero-order valence-corrected chi connectivity index (χ0v) is 16.3. The van der Waals surface area contributed by atoms with Crippen LogP contribution in [0.2, 0.25) is 0 Å². The highest BCUT2D eigenvalue weighted by atomic mass is 32.1. The van der Waals surface area contributed by atoms with E-state index in [1.807, 2.05) is 12.1 Å². The Balaban J connectivity index is 0.00000117. The van der Waals surface area contributed by atoms with Gasteiger partial charge in [0, 0.05) is 28.5 Å². The molecule has 0 aliphatic carbocycles. The lowest BCUT2D eigenvalue weighted by Gasteiger charge is -2.07. The molecule has 3 aromatic rings. The van der Waals surface area contributed by atoms with Crippen LogP contribution in [0.4, 0.5) is 0 Å². The number of thiazole rings is 1. The Labute approximate surface area is 171 Å².